The van der Waals surface area contributed by atoms with Crippen molar-refractivity contribution in [2.75, 3.05) is 7.05 Å². The van der Waals surface area contributed by atoms with Crippen molar-refractivity contribution < 1.29 is 0 Å². The average molecular weight is 181 g/mol. The highest BCUT2D eigenvalue weighted by Crippen LogP contribution is 2.08. The van der Waals surface area contributed by atoms with Crippen molar-refractivity contribution in [3.8, 4) is 0 Å². The Morgan fingerprint density at radius 3 is 2.62 bits per heavy atom. The molecule has 0 fully saturated rings. The molecule has 0 bridgehead atoms. The van der Waals surface area contributed by atoms with E-state index in [1.807, 2.05) is 25.0 Å². The summed E-state index contributed by atoms with van der Waals surface area (Å²) >= 11 is 0. The number of hydrogen-bond acceptors (Lipinski definition) is 2. The van der Waals surface area contributed by atoms with Crippen molar-refractivity contribution in [2.24, 2.45) is 13.0 Å². The zero-order valence-corrected chi connectivity index (χ0v) is 8.91. The quantitative estimate of drug-likeness (QED) is 0.756. The van der Waals surface area contributed by atoms with Gasteiger partial charge in [-0.25, -0.2) is 0 Å². The molecule has 1 unspecified atom stereocenters. The molecule has 1 atom stereocenters. The molecule has 1 heterocycles. The first-order valence-corrected chi connectivity index (χ1v) is 4.78. The van der Waals surface area contributed by atoms with Gasteiger partial charge in [0.25, 0.3) is 0 Å². The molecule has 0 saturated carbocycles. The lowest BCUT2D eigenvalue weighted by Crippen LogP contribution is -2.32. The number of hydrogen-bond donors (Lipinski definition) is 1. The predicted molar refractivity (Wildman–Crippen MR) is 54.6 cm³/mol. The first-order valence-electron chi connectivity index (χ1n) is 4.78. The van der Waals surface area contributed by atoms with Crippen LogP contribution in [-0.2, 0) is 13.5 Å². The highest BCUT2D eigenvalue weighted by molar-refractivity contribution is 5.06. The molecular formula is C10H19N3. The van der Waals surface area contributed by atoms with E-state index in [4.69, 9.17) is 0 Å². The zero-order valence-electron chi connectivity index (χ0n) is 8.91. The average Bonchev–Trinajstić information content (AvgIpc) is 2.46. The second-order valence-corrected chi connectivity index (χ2v) is 3.87. The number of nitrogens with zero attached hydrogens (tertiary/aromatic N) is 2. The number of nitrogens with one attached hydrogen (secondary N) is 1. The maximum Gasteiger partial charge on any atom is 0.0522 e. The number of rotatable bonds is 4. The molecule has 0 aromatic carbocycles. The van der Waals surface area contributed by atoms with E-state index in [0.29, 0.717) is 12.0 Å². The Balaban J connectivity index is 2.56. The fourth-order valence-electron chi connectivity index (χ4n) is 1.50. The van der Waals surface area contributed by atoms with Gasteiger partial charge in [-0.3, -0.25) is 4.68 Å². The standard InChI is InChI=1S/C10H19N3/c1-8(2)10(11-3)5-9-6-12-13(4)7-9/h6-8,10-11H,5H2,1-4H3. The Bertz CT molecular complexity index is 252. The van der Waals surface area contributed by atoms with E-state index >= 15 is 0 Å². The highest BCUT2D eigenvalue weighted by Gasteiger charge is 2.11. The van der Waals surface area contributed by atoms with Gasteiger partial charge in [-0.2, -0.15) is 5.10 Å². The number of aryl methyl sites for hydroxylation is 1. The summed E-state index contributed by atoms with van der Waals surface area (Å²) in [5.41, 5.74) is 1.30. The Hall–Kier alpha value is -0.830. The summed E-state index contributed by atoms with van der Waals surface area (Å²) in [5, 5.41) is 7.47. The van der Waals surface area contributed by atoms with Crippen molar-refractivity contribution in [3.05, 3.63) is 18.0 Å². The van der Waals surface area contributed by atoms with Crippen molar-refractivity contribution in [3.63, 3.8) is 0 Å². The van der Waals surface area contributed by atoms with Gasteiger partial charge < -0.3 is 5.32 Å². The molecule has 3 heteroatoms. The third kappa shape index (κ3) is 2.84. The van der Waals surface area contributed by atoms with Crippen LogP contribution in [0.4, 0.5) is 0 Å². The Morgan fingerprint density at radius 1 is 1.54 bits per heavy atom. The summed E-state index contributed by atoms with van der Waals surface area (Å²) < 4.78 is 1.85. The zero-order chi connectivity index (χ0) is 9.84. The van der Waals surface area contributed by atoms with Crippen molar-refractivity contribution >= 4 is 0 Å². The molecule has 0 aliphatic heterocycles. The summed E-state index contributed by atoms with van der Waals surface area (Å²) in [4.78, 5) is 0. The monoisotopic (exact) mass is 181 g/mol. The molecule has 3 nitrogen and oxygen atoms in total. The lowest BCUT2D eigenvalue weighted by Gasteiger charge is -2.18. The van der Waals surface area contributed by atoms with Crippen LogP contribution in [0.1, 0.15) is 19.4 Å². The van der Waals surface area contributed by atoms with Crippen LogP contribution in [0.25, 0.3) is 0 Å². The smallest absolute Gasteiger partial charge is 0.0522 e. The lowest BCUT2D eigenvalue weighted by molar-refractivity contribution is 0.424. The minimum absolute atomic E-state index is 0.546. The maximum absolute atomic E-state index is 4.15. The molecule has 1 rings (SSSR count). The van der Waals surface area contributed by atoms with E-state index in [2.05, 4.69) is 30.5 Å². The third-order valence-corrected chi connectivity index (χ3v) is 2.39. The molecule has 0 radical (unpaired) electrons. The van der Waals surface area contributed by atoms with Gasteiger partial charge in [-0.05, 0) is 24.9 Å². The van der Waals surface area contributed by atoms with Gasteiger partial charge in [0.05, 0.1) is 6.20 Å². The molecule has 0 aliphatic rings. The van der Waals surface area contributed by atoms with E-state index in [1.54, 1.807) is 0 Å². The van der Waals surface area contributed by atoms with Crippen LogP contribution in [0.5, 0.6) is 0 Å². The summed E-state index contributed by atoms with van der Waals surface area (Å²) in [5.74, 6) is 0.658. The van der Waals surface area contributed by atoms with Gasteiger partial charge in [-0.15, -0.1) is 0 Å². The van der Waals surface area contributed by atoms with Crippen LogP contribution in [0.2, 0.25) is 0 Å². The van der Waals surface area contributed by atoms with Crippen LogP contribution in [0.15, 0.2) is 12.4 Å². The van der Waals surface area contributed by atoms with Crippen molar-refractivity contribution in [1.82, 2.24) is 15.1 Å². The Labute approximate surface area is 80.1 Å². The van der Waals surface area contributed by atoms with Gasteiger partial charge in [-0.1, -0.05) is 13.8 Å². The van der Waals surface area contributed by atoms with Crippen LogP contribution in [0, 0.1) is 5.92 Å². The minimum atomic E-state index is 0.546. The lowest BCUT2D eigenvalue weighted by atomic mass is 9.98. The molecule has 74 valence electrons. The fraction of sp³-hybridized carbons (Fsp3) is 0.700. The summed E-state index contributed by atoms with van der Waals surface area (Å²) in [7, 11) is 3.97. The fourth-order valence-corrected chi connectivity index (χ4v) is 1.50. The molecule has 0 amide bonds. The van der Waals surface area contributed by atoms with Crippen LogP contribution >= 0.6 is 0 Å². The summed E-state index contributed by atoms with van der Waals surface area (Å²) in [6.07, 6.45) is 5.07. The SMILES string of the molecule is CNC(Cc1cnn(C)c1)C(C)C. The van der Waals surface area contributed by atoms with E-state index in [-0.39, 0.29) is 0 Å². The topological polar surface area (TPSA) is 29.9 Å². The van der Waals surface area contributed by atoms with Gasteiger partial charge in [0, 0.05) is 19.3 Å². The van der Waals surface area contributed by atoms with Crippen LogP contribution in [0.3, 0.4) is 0 Å². The third-order valence-electron chi connectivity index (χ3n) is 2.39. The van der Waals surface area contributed by atoms with Crippen LogP contribution in [-0.4, -0.2) is 22.9 Å². The Morgan fingerprint density at radius 2 is 2.23 bits per heavy atom. The van der Waals surface area contributed by atoms with Gasteiger partial charge in [0.15, 0.2) is 0 Å². The first-order chi connectivity index (χ1) is 6.13. The second kappa shape index (κ2) is 4.42. The van der Waals surface area contributed by atoms with E-state index in [0.717, 1.165) is 6.42 Å². The van der Waals surface area contributed by atoms with Gasteiger partial charge in [0.1, 0.15) is 0 Å². The van der Waals surface area contributed by atoms with Crippen molar-refractivity contribution in [2.45, 2.75) is 26.3 Å². The van der Waals surface area contributed by atoms with E-state index in [1.165, 1.54) is 5.56 Å². The maximum atomic E-state index is 4.15. The van der Waals surface area contributed by atoms with Crippen molar-refractivity contribution in [1.29, 1.82) is 0 Å². The highest BCUT2D eigenvalue weighted by atomic mass is 15.2. The Kier molecular flexibility index (Phi) is 3.48. The molecule has 1 aromatic rings. The van der Waals surface area contributed by atoms with Gasteiger partial charge in [0.2, 0.25) is 0 Å². The normalized spacial score (nSPS) is 13.6. The molecule has 13 heavy (non-hydrogen) atoms. The van der Waals surface area contributed by atoms with Gasteiger partial charge >= 0.3 is 0 Å². The predicted octanol–water partition coefficient (Wildman–Crippen LogP) is 1.21. The molecule has 1 aromatic heterocycles. The summed E-state index contributed by atoms with van der Waals surface area (Å²) in [6.45, 7) is 4.47. The van der Waals surface area contributed by atoms with E-state index < -0.39 is 0 Å². The second-order valence-electron chi connectivity index (χ2n) is 3.87. The largest absolute Gasteiger partial charge is 0.316 e. The minimum Gasteiger partial charge on any atom is -0.316 e. The number of likely N-dealkylation sites (N-methyl/N-ethyl adjacent to an activating group) is 1. The van der Waals surface area contributed by atoms with Crippen LogP contribution < -0.4 is 5.32 Å². The molecule has 0 aliphatic carbocycles. The molecule has 0 saturated heterocycles. The van der Waals surface area contributed by atoms with E-state index in [9.17, 15) is 0 Å². The summed E-state index contributed by atoms with van der Waals surface area (Å²) in [6, 6.07) is 0.546. The number of aromatic nitrogens is 2. The molecule has 1 N–H and O–H groups in total. The molecule has 0 spiro atoms. The molecular weight excluding hydrogens is 162 g/mol. The first kappa shape index (κ1) is 10.3.